The van der Waals surface area contributed by atoms with E-state index < -0.39 is 0 Å². The summed E-state index contributed by atoms with van der Waals surface area (Å²) in [5, 5.41) is 12.3. The highest BCUT2D eigenvalue weighted by Crippen LogP contribution is 2.40. The first-order valence-electron chi connectivity index (χ1n) is 9.70. The number of pyridine rings is 1. The van der Waals surface area contributed by atoms with Crippen LogP contribution in [0.4, 0.5) is 11.6 Å². The maximum atomic E-state index is 12.6. The van der Waals surface area contributed by atoms with E-state index in [1.54, 1.807) is 30.1 Å². The van der Waals surface area contributed by atoms with Crippen molar-refractivity contribution in [2.24, 2.45) is 5.92 Å². The second kappa shape index (κ2) is 7.07. The Balaban J connectivity index is 1.49. The van der Waals surface area contributed by atoms with Crippen LogP contribution in [-0.4, -0.2) is 49.5 Å². The van der Waals surface area contributed by atoms with Crippen molar-refractivity contribution in [2.75, 3.05) is 18.9 Å². The number of fused-ring (bicyclic) bond motifs is 4. The topological polar surface area (TPSA) is 99.7 Å². The van der Waals surface area contributed by atoms with Gasteiger partial charge in [0.15, 0.2) is 0 Å². The van der Waals surface area contributed by atoms with Crippen LogP contribution in [0.25, 0.3) is 21.1 Å². The molecule has 4 heterocycles. The Morgan fingerprint density at radius 3 is 3.10 bits per heavy atom. The number of nitrogens with one attached hydrogen (secondary N) is 2. The summed E-state index contributed by atoms with van der Waals surface area (Å²) in [5.41, 5.74) is 2.16. The number of aryl methyl sites for hydroxylation is 1. The van der Waals surface area contributed by atoms with E-state index >= 15 is 0 Å². The number of hydrogen-bond acceptors (Lipinski definition) is 7. The molecule has 1 aliphatic rings. The van der Waals surface area contributed by atoms with E-state index in [0.29, 0.717) is 5.82 Å². The van der Waals surface area contributed by atoms with E-state index in [4.69, 9.17) is 0 Å². The van der Waals surface area contributed by atoms with Gasteiger partial charge in [0.05, 0.1) is 23.3 Å². The summed E-state index contributed by atoms with van der Waals surface area (Å²) < 4.78 is 0. The molecule has 4 aromatic rings. The zero-order chi connectivity index (χ0) is 20.0. The molecule has 29 heavy (non-hydrogen) atoms. The maximum absolute atomic E-state index is 12.6. The zero-order valence-corrected chi connectivity index (χ0v) is 17.1. The van der Waals surface area contributed by atoms with Crippen molar-refractivity contribution in [3.8, 4) is 0 Å². The molecular formula is C20H21N7OS. The van der Waals surface area contributed by atoms with Gasteiger partial charge in [0.25, 0.3) is 0 Å². The van der Waals surface area contributed by atoms with Crippen LogP contribution < -0.4 is 5.32 Å². The van der Waals surface area contributed by atoms with Crippen molar-refractivity contribution in [3.63, 3.8) is 0 Å². The van der Waals surface area contributed by atoms with Crippen LogP contribution in [0.3, 0.4) is 0 Å². The molecule has 1 amide bonds. The molecule has 0 saturated heterocycles. The van der Waals surface area contributed by atoms with E-state index in [0.717, 1.165) is 52.7 Å². The lowest BCUT2D eigenvalue weighted by molar-refractivity contribution is -0.134. The van der Waals surface area contributed by atoms with Crippen molar-refractivity contribution in [1.82, 2.24) is 30.0 Å². The number of anilines is 2. The SMILES string of the molecule is CCN(C)C(=O)C1CCc2c(sc3ncnc(Nc4cc5cn[nH]c5cn4)c23)C1. The number of aromatic nitrogens is 5. The Hall–Kier alpha value is -3.07. The highest BCUT2D eigenvalue weighted by molar-refractivity contribution is 7.19. The smallest absolute Gasteiger partial charge is 0.225 e. The maximum Gasteiger partial charge on any atom is 0.225 e. The summed E-state index contributed by atoms with van der Waals surface area (Å²) in [6, 6.07) is 1.95. The van der Waals surface area contributed by atoms with Crippen LogP contribution >= 0.6 is 11.3 Å². The summed E-state index contributed by atoms with van der Waals surface area (Å²) >= 11 is 1.67. The molecule has 148 valence electrons. The third-order valence-corrected chi connectivity index (χ3v) is 6.78. The molecule has 2 N–H and O–H groups in total. The van der Waals surface area contributed by atoms with Crippen LogP contribution in [0.5, 0.6) is 0 Å². The summed E-state index contributed by atoms with van der Waals surface area (Å²) in [4.78, 5) is 30.1. The first-order chi connectivity index (χ1) is 14.1. The molecule has 0 radical (unpaired) electrons. The largest absolute Gasteiger partial charge is 0.346 e. The predicted molar refractivity (Wildman–Crippen MR) is 113 cm³/mol. The fourth-order valence-corrected chi connectivity index (χ4v) is 5.18. The average Bonchev–Trinajstić information content (AvgIpc) is 3.36. The monoisotopic (exact) mass is 407 g/mol. The summed E-state index contributed by atoms with van der Waals surface area (Å²) in [6.45, 7) is 2.75. The zero-order valence-electron chi connectivity index (χ0n) is 16.3. The quantitative estimate of drug-likeness (QED) is 0.538. The molecule has 0 saturated carbocycles. The summed E-state index contributed by atoms with van der Waals surface area (Å²) in [5.74, 6) is 1.76. The van der Waals surface area contributed by atoms with E-state index in [-0.39, 0.29) is 11.8 Å². The molecule has 1 atom stereocenters. The molecule has 0 fully saturated rings. The van der Waals surface area contributed by atoms with Gasteiger partial charge >= 0.3 is 0 Å². The van der Waals surface area contributed by atoms with Gasteiger partial charge in [0, 0.05) is 29.8 Å². The molecular weight excluding hydrogens is 386 g/mol. The molecule has 0 aromatic carbocycles. The van der Waals surface area contributed by atoms with Crippen molar-refractivity contribution in [3.05, 3.63) is 35.2 Å². The number of carbonyl (C=O) groups excluding carboxylic acids is 1. The summed E-state index contributed by atoms with van der Waals surface area (Å²) in [6.07, 6.45) is 7.60. The summed E-state index contributed by atoms with van der Waals surface area (Å²) in [7, 11) is 1.88. The normalized spacial score (nSPS) is 16.1. The fourth-order valence-electron chi connectivity index (χ4n) is 3.92. The van der Waals surface area contributed by atoms with Gasteiger partial charge < -0.3 is 10.2 Å². The van der Waals surface area contributed by atoms with Crippen molar-refractivity contribution in [1.29, 1.82) is 0 Å². The fraction of sp³-hybridized carbons (Fsp3) is 0.350. The van der Waals surface area contributed by atoms with Crippen LogP contribution in [0.2, 0.25) is 0 Å². The second-order valence-electron chi connectivity index (χ2n) is 7.35. The van der Waals surface area contributed by atoms with Crippen molar-refractivity contribution in [2.45, 2.75) is 26.2 Å². The number of nitrogens with zero attached hydrogens (tertiary/aromatic N) is 5. The Morgan fingerprint density at radius 1 is 1.34 bits per heavy atom. The Morgan fingerprint density at radius 2 is 2.24 bits per heavy atom. The number of hydrogen-bond donors (Lipinski definition) is 2. The number of rotatable bonds is 4. The molecule has 1 unspecified atom stereocenters. The van der Waals surface area contributed by atoms with Gasteiger partial charge in [-0.25, -0.2) is 15.0 Å². The Bertz CT molecular complexity index is 1210. The van der Waals surface area contributed by atoms with E-state index in [1.165, 1.54) is 10.4 Å². The molecule has 8 nitrogen and oxygen atoms in total. The molecule has 4 aromatic heterocycles. The molecule has 1 aliphatic carbocycles. The van der Waals surface area contributed by atoms with E-state index in [2.05, 4.69) is 30.5 Å². The minimum absolute atomic E-state index is 0.0510. The molecule has 0 spiro atoms. The molecule has 9 heteroatoms. The van der Waals surface area contributed by atoms with Crippen LogP contribution in [0.15, 0.2) is 24.8 Å². The van der Waals surface area contributed by atoms with Gasteiger partial charge in [0.1, 0.15) is 22.8 Å². The third kappa shape index (κ3) is 3.11. The van der Waals surface area contributed by atoms with Gasteiger partial charge in [-0.2, -0.15) is 5.10 Å². The van der Waals surface area contributed by atoms with Crippen molar-refractivity contribution < 1.29 is 4.79 Å². The lowest BCUT2D eigenvalue weighted by Crippen LogP contribution is -2.35. The van der Waals surface area contributed by atoms with Gasteiger partial charge in [-0.15, -0.1) is 11.3 Å². The van der Waals surface area contributed by atoms with Crippen LogP contribution in [-0.2, 0) is 17.6 Å². The average molecular weight is 408 g/mol. The third-order valence-electron chi connectivity index (χ3n) is 5.62. The second-order valence-corrected chi connectivity index (χ2v) is 8.43. The number of carbonyl (C=O) groups is 1. The van der Waals surface area contributed by atoms with Crippen LogP contribution in [0, 0.1) is 5.92 Å². The van der Waals surface area contributed by atoms with Crippen LogP contribution in [0.1, 0.15) is 23.8 Å². The lowest BCUT2D eigenvalue weighted by atomic mass is 9.87. The predicted octanol–water partition coefficient (Wildman–Crippen LogP) is 3.29. The van der Waals surface area contributed by atoms with E-state index in [1.807, 2.05) is 24.9 Å². The number of amides is 1. The first-order valence-corrected chi connectivity index (χ1v) is 10.5. The number of thiophene rings is 1. The molecule has 0 bridgehead atoms. The van der Waals surface area contributed by atoms with E-state index in [9.17, 15) is 4.79 Å². The minimum atomic E-state index is 0.0510. The molecule has 5 rings (SSSR count). The number of H-pyrrole nitrogens is 1. The molecule has 0 aliphatic heterocycles. The Labute approximate surface area is 171 Å². The van der Waals surface area contributed by atoms with Gasteiger partial charge in [0.2, 0.25) is 5.91 Å². The highest BCUT2D eigenvalue weighted by Gasteiger charge is 2.30. The minimum Gasteiger partial charge on any atom is -0.346 e. The Kier molecular flexibility index (Phi) is 4.39. The number of aromatic amines is 1. The highest BCUT2D eigenvalue weighted by atomic mass is 32.1. The van der Waals surface area contributed by atoms with Gasteiger partial charge in [-0.3, -0.25) is 9.89 Å². The van der Waals surface area contributed by atoms with Gasteiger partial charge in [-0.1, -0.05) is 0 Å². The van der Waals surface area contributed by atoms with Gasteiger partial charge in [-0.05, 0) is 37.8 Å². The first kappa shape index (κ1) is 18.0. The lowest BCUT2D eigenvalue weighted by Gasteiger charge is -2.26. The standard InChI is InChI=1S/C20H21N7OS/c1-3-27(2)20(28)11-4-5-13-15(6-11)29-19-17(13)18(22-10-23-19)25-16-7-12-8-24-26-14(12)9-21-16/h7-11H,3-6H2,1-2H3,(H,24,26)(H,21,22,23,25). The van der Waals surface area contributed by atoms with Crippen molar-refractivity contribution >= 4 is 50.0 Å².